The standard InChI is InChI=1S/C34H33N5O6/c1-21-4-6-23(7-5-21)26-19-39(18-22-9-12-44-13-10-22)20-27(32(26)40)33(41)38-24-16-36-34(37-17-24)45-29-8-11-35-28-15-31(43-3)30(42-2)14-25(28)29/h4-8,11,14-17,19-20,22H,9-10,12-13,18H2,1-3H3,(H,38,41). The van der Waals surface area contributed by atoms with Gasteiger partial charge in [-0.3, -0.25) is 14.6 Å². The van der Waals surface area contributed by atoms with E-state index in [0.29, 0.717) is 65.1 Å². The number of fused-ring (bicyclic) bond motifs is 1. The van der Waals surface area contributed by atoms with E-state index in [1.54, 1.807) is 44.8 Å². The number of ether oxygens (including phenoxy) is 4. The number of hydrogen-bond acceptors (Lipinski definition) is 9. The third-order valence-corrected chi connectivity index (χ3v) is 7.79. The van der Waals surface area contributed by atoms with Crippen LogP contribution in [0, 0.1) is 12.8 Å². The topological polar surface area (TPSA) is 127 Å². The summed E-state index contributed by atoms with van der Waals surface area (Å²) in [7, 11) is 3.11. The van der Waals surface area contributed by atoms with Crippen molar-refractivity contribution in [1.29, 1.82) is 0 Å². The van der Waals surface area contributed by atoms with Crippen LogP contribution in [0.1, 0.15) is 28.8 Å². The van der Waals surface area contributed by atoms with Crippen LogP contribution >= 0.6 is 0 Å². The molecule has 11 nitrogen and oxygen atoms in total. The number of anilines is 1. The first-order valence-electron chi connectivity index (χ1n) is 14.6. The Labute approximate surface area is 259 Å². The molecule has 5 aromatic rings. The van der Waals surface area contributed by atoms with Crippen LogP contribution in [0.5, 0.6) is 23.3 Å². The maximum Gasteiger partial charge on any atom is 0.322 e. The lowest BCUT2D eigenvalue weighted by molar-refractivity contribution is 0.0612. The van der Waals surface area contributed by atoms with Crippen LogP contribution in [0.2, 0.25) is 0 Å². The SMILES string of the molecule is COc1cc2nccc(Oc3ncc(NC(=O)c4cn(CC5CCOCC5)cc(-c5ccc(C)cc5)c4=O)cn3)c2cc1OC. The Morgan fingerprint density at radius 2 is 1.67 bits per heavy atom. The van der Waals surface area contributed by atoms with Crippen LogP contribution in [0.25, 0.3) is 22.0 Å². The molecule has 2 aromatic carbocycles. The lowest BCUT2D eigenvalue weighted by Gasteiger charge is -2.23. The molecule has 3 aromatic heterocycles. The Hall–Kier alpha value is -5.29. The zero-order valence-electron chi connectivity index (χ0n) is 25.3. The van der Waals surface area contributed by atoms with Crippen molar-refractivity contribution in [3.05, 3.63) is 94.8 Å². The molecule has 1 amide bonds. The summed E-state index contributed by atoms with van der Waals surface area (Å²) in [5.74, 6) is 1.39. The zero-order chi connectivity index (χ0) is 31.3. The fraction of sp³-hybridized carbons (Fsp3) is 0.265. The van der Waals surface area contributed by atoms with Gasteiger partial charge in [-0.15, -0.1) is 0 Å². The first-order chi connectivity index (χ1) is 21.9. The molecule has 45 heavy (non-hydrogen) atoms. The van der Waals surface area contributed by atoms with Crippen molar-refractivity contribution in [3.8, 4) is 34.4 Å². The normalized spacial score (nSPS) is 13.4. The van der Waals surface area contributed by atoms with E-state index in [9.17, 15) is 9.59 Å². The molecular weight excluding hydrogens is 574 g/mol. The van der Waals surface area contributed by atoms with Crippen LogP contribution in [0.3, 0.4) is 0 Å². The second kappa shape index (κ2) is 13.1. The van der Waals surface area contributed by atoms with Crippen LogP contribution in [-0.2, 0) is 11.3 Å². The summed E-state index contributed by atoms with van der Waals surface area (Å²) in [5.41, 5.74) is 2.95. The Morgan fingerprint density at radius 1 is 0.956 bits per heavy atom. The van der Waals surface area contributed by atoms with Gasteiger partial charge in [0.05, 0.1) is 37.8 Å². The van der Waals surface area contributed by atoms with Gasteiger partial charge < -0.3 is 28.8 Å². The average molecular weight is 608 g/mol. The molecule has 0 spiro atoms. The van der Waals surface area contributed by atoms with Crippen molar-refractivity contribution in [2.75, 3.05) is 32.8 Å². The molecule has 0 atom stereocenters. The van der Waals surface area contributed by atoms with E-state index in [0.717, 1.165) is 24.0 Å². The first-order valence-corrected chi connectivity index (χ1v) is 14.6. The Kier molecular flexibility index (Phi) is 8.70. The highest BCUT2D eigenvalue weighted by Gasteiger charge is 2.20. The third-order valence-electron chi connectivity index (χ3n) is 7.79. The Bertz CT molecular complexity index is 1880. The molecule has 0 aliphatic carbocycles. The predicted molar refractivity (Wildman–Crippen MR) is 169 cm³/mol. The van der Waals surface area contributed by atoms with Crippen molar-refractivity contribution >= 4 is 22.5 Å². The van der Waals surface area contributed by atoms with Crippen LogP contribution in [0.4, 0.5) is 5.69 Å². The van der Waals surface area contributed by atoms with E-state index in [1.165, 1.54) is 12.4 Å². The van der Waals surface area contributed by atoms with E-state index >= 15 is 0 Å². The maximum atomic E-state index is 13.6. The molecule has 1 saturated heterocycles. The summed E-state index contributed by atoms with van der Waals surface area (Å²) in [6.45, 7) is 4.09. The highest BCUT2D eigenvalue weighted by molar-refractivity contribution is 6.04. The molecule has 0 unspecified atom stereocenters. The van der Waals surface area contributed by atoms with Crippen molar-refractivity contribution < 1.29 is 23.7 Å². The molecule has 0 saturated carbocycles. The van der Waals surface area contributed by atoms with E-state index < -0.39 is 5.91 Å². The molecule has 4 heterocycles. The van der Waals surface area contributed by atoms with Crippen molar-refractivity contribution in [2.45, 2.75) is 26.3 Å². The smallest absolute Gasteiger partial charge is 0.322 e. The van der Waals surface area contributed by atoms with Gasteiger partial charge in [0.2, 0.25) is 5.43 Å². The van der Waals surface area contributed by atoms with Crippen LogP contribution in [0.15, 0.2) is 78.2 Å². The number of amides is 1. The molecule has 1 fully saturated rings. The summed E-state index contributed by atoms with van der Waals surface area (Å²) >= 11 is 0. The fourth-order valence-electron chi connectivity index (χ4n) is 5.33. The van der Waals surface area contributed by atoms with E-state index in [4.69, 9.17) is 18.9 Å². The molecule has 1 aliphatic heterocycles. The number of aromatic nitrogens is 4. The molecule has 6 rings (SSSR count). The monoisotopic (exact) mass is 607 g/mol. The zero-order valence-corrected chi connectivity index (χ0v) is 25.3. The highest BCUT2D eigenvalue weighted by atomic mass is 16.5. The Balaban J connectivity index is 1.24. The summed E-state index contributed by atoms with van der Waals surface area (Å²) in [6, 6.07) is 13.0. The van der Waals surface area contributed by atoms with Gasteiger partial charge in [0.25, 0.3) is 5.91 Å². The summed E-state index contributed by atoms with van der Waals surface area (Å²) < 4.78 is 24.2. The number of methoxy groups -OCH3 is 2. The second-order valence-electron chi connectivity index (χ2n) is 10.9. The molecule has 11 heteroatoms. The van der Waals surface area contributed by atoms with Crippen LogP contribution < -0.4 is 25.0 Å². The number of benzene rings is 2. The molecular formula is C34H33N5O6. The van der Waals surface area contributed by atoms with Crippen LogP contribution in [-0.4, -0.2) is 52.9 Å². The number of carbonyl (C=O) groups is 1. The average Bonchev–Trinajstić information content (AvgIpc) is 3.06. The number of nitrogens with zero attached hydrogens (tertiary/aromatic N) is 4. The highest BCUT2D eigenvalue weighted by Crippen LogP contribution is 2.36. The predicted octanol–water partition coefficient (Wildman–Crippen LogP) is 5.65. The van der Waals surface area contributed by atoms with Crippen molar-refractivity contribution in [3.63, 3.8) is 0 Å². The number of nitrogens with one attached hydrogen (secondary N) is 1. The van der Waals surface area contributed by atoms with Gasteiger partial charge in [0, 0.05) is 55.4 Å². The minimum Gasteiger partial charge on any atom is -0.493 e. The number of hydrogen-bond donors (Lipinski definition) is 1. The fourth-order valence-corrected chi connectivity index (χ4v) is 5.33. The second-order valence-corrected chi connectivity index (χ2v) is 10.9. The largest absolute Gasteiger partial charge is 0.493 e. The number of pyridine rings is 2. The maximum absolute atomic E-state index is 13.6. The molecule has 230 valence electrons. The summed E-state index contributed by atoms with van der Waals surface area (Å²) in [6.07, 6.45) is 9.78. The lowest BCUT2D eigenvalue weighted by Crippen LogP contribution is -2.26. The Morgan fingerprint density at radius 3 is 2.38 bits per heavy atom. The van der Waals surface area contributed by atoms with Gasteiger partial charge in [0.15, 0.2) is 11.5 Å². The minimum atomic E-state index is -0.548. The van der Waals surface area contributed by atoms with Gasteiger partial charge in [-0.05, 0) is 43.4 Å². The summed E-state index contributed by atoms with van der Waals surface area (Å²) in [4.78, 5) is 40.0. The van der Waals surface area contributed by atoms with Gasteiger partial charge in [-0.2, -0.15) is 0 Å². The molecule has 1 aliphatic rings. The van der Waals surface area contributed by atoms with Crippen molar-refractivity contribution in [1.82, 2.24) is 19.5 Å². The van der Waals surface area contributed by atoms with Gasteiger partial charge >= 0.3 is 6.01 Å². The van der Waals surface area contributed by atoms with Gasteiger partial charge in [0.1, 0.15) is 11.3 Å². The minimum absolute atomic E-state index is 0.0353. The first kappa shape index (κ1) is 29.8. The van der Waals surface area contributed by atoms with Gasteiger partial charge in [-0.25, -0.2) is 9.97 Å². The molecule has 0 bridgehead atoms. The van der Waals surface area contributed by atoms with E-state index in [1.807, 2.05) is 42.0 Å². The van der Waals surface area contributed by atoms with Crippen molar-refractivity contribution in [2.24, 2.45) is 5.92 Å². The number of carbonyl (C=O) groups excluding carboxylic acids is 1. The quantitative estimate of drug-likeness (QED) is 0.226. The van der Waals surface area contributed by atoms with E-state index in [-0.39, 0.29) is 17.0 Å². The molecule has 0 radical (unpaired) electrons. The van der Waals surface area contributed by atoms with E-state index in [2.05, 4.69) is 20.3 Å². The number of rotatable bonds is 9. The third kappa shape index (κ3) is 6.63. The summed E-state index contributed by atoms with van der Waals surface area (Å²) in [5, 5.41) is 3.45. The number of aryl methyl sites for hydroxylation is 1. The molecule has 1 N–H and O–H groups in total. The van der Waals surface area contributed by atoms with Gasteiger partial charge in [-0.1, -0.05) is 29.8 Å². The lowest BCUT2D eigenvalue weighted by atomic mass is 9.99.